The molecule has 4 aromatic rings. The fourth-order valence-corrected chi connectivity index (χ4v) is 7.15. The van der Waals surface area contributed by atoms with Crippen molar-refractivity contribution >= 4 is 8.53 Å². The minimum Gasteiger partial charge on any atom is -0.341 e. The van der Waals surface area contributed by atoms with Crippen molar-refractivity contribution in [2.24, 2.45) is 0 Å². The Balaban J connectivity index is 1.69. The topological polar surface area (TPSA) is 49.0 Å². The van der Waals surface area contributed by atoms with Crippen molar-refractivity contribution in [1.29, 1.82) is 0 Å². The molecular formula is C32H32NO4P. The summed E-state index contributed by atoms with van der Waals surface area (Å²) in [5.41, 5.74) is 1.88. The van der Waals surface area contributed by atoms with Crippen LogP contribution in [0.5, 0.6) is 0 Å². The molecule has 6 rings (SSSR count). The molecule has 0 aromatic heterocycles. The Labute approximate surface area is 225 Å². The maximum Gasteiger partial charge on any atom is 0.258 e. The van der Waals surface area contributed by atoms with Gasteiger partial charge >= 0.3 is 0 Å². The molecule has 38 heavy (non-hydrogen) atoms. The Morgan fingerprint density at radius 3 is 1.08 bits per heavy atom. The lowest BCUT2D eigenvalue weighted by atomic mass is 9.72. The monoisotopic (exact) mass is 525 g/mol. The maximum absolute atomic E-state index is 7.15. The van der Waals surface area contributed by atoms with Crippen LogP contribution in [-0.2, 0) is 29.7 Å². The second-order valence-electron chi connectivity index (χ2n) is 10.1. The first-order chi connectivity index (χ1) is 18.5. The highest BCUT2D eigenvalue weighted by Crippen LogP contribution is 2.63. The lowest BCUT2D eigenvalue weighted by Gasteiger charge is -2.41. The van der Waals surface area contributed by atoms with Gasteiger partial charge in [0.05, 0.1) is 0 Å². The molecule has 0 unspecified atom stereocenters. The van der Waals surface area contributed by atoms with Crippen LogP contribution in [0.4, 0.5) is 0 Å². The van der Waals surface area contributed by atoms with E-state index in [0.29, 0.717) is 0 Å². The number of hydrogen-bond acceptors (Lipinski definition) is 5. The minimum atomic E-state index is -1.63. The van der Waals surface area contributed by atoms with Crippen LogP contribution in [0.3, 0.4) is 0 Å². The van der Waals surface area contributed by atoms with Gasteiger partial charge in [-0.25, -0.2) is 0 Å². The lowest BCUT2D eigenvalue weighted by Crippen LogP contribution is -2.53. The zero-order valence-electron chi connectivity index (χ0n) is 21.8. The van der Waals surface area contributed by atoms with Gasteiger partial charge in [-0.2, -0.15) is 0 Å². The molecule has 0 bridgehead atoms. The Morgan fingerprint density at radius 1 is 0.526 bits per heavy atom. The van der Waals surface area contributed by atoms with Crippen molar-refractivity contribution in [1.82, 2.24) is 5.09 Å². The van der Waals surface area contributed by atoms with Gasteiger partial charge in [-0.1, -0.05) is 121 Å². The Kier molecular flexibility index (Phi) is 6.69. The number of nitrogens with one attached hydrogen (secondary N) is 1. The minimum absolute atomic E-state index is 0.552. The summed E-state index contributed by atoms with van der Waals surface area (Å²) in [6.07, 6.45) is -1.10. The van der Waals surface area contributed by atoms with Crippen molar-refractivity contribution < 1.29 is 18.5 Å². The SMILES string of the molecule is CNP1OC(c2ccccc2)(c2ccccc2)[C@@H]2OC(C)(C)O[C@H]2C(c2ccccc2)(c2ccccc2)O1. The smallest absolute Gasteiger partial charge is 0.258 e. The van der Waals surface area contributed by atoms with E-state index in [4.69, 9.17) is 18.5 Å². The second-order valence-corrected chi connectivity index (χ2v) is 11.4. The fourth-order valence-electron chi connectivity index (χ4n) is 5.77. The lowest BCUT2D eigenvalue weighted by molar-refractivity contribution is -0.174. The van der Waals surface area contributed by atoms with E-state index < -0.39 is 37.7 Å². The zero-order chi connectivity index (χ0) is 26.2. The standard InChI is InChI=1S/C32H32NO4P/c1-30(2)34-28-29(35-30)32(26-20-12-6-13-21-26,27-22-14-7-15-23-27)37-38(33-3)36-31(28,24-16-8-4-9-17-24)25-18-10-5-11-19-25/h4-23,28-29,33H,1-3H3/t28-,29-/m1/s1. The van der Waals surface area contributed by atoms with E-state index >= 15 is 0 Å². The molecule has 2 heterocycles. The predicted molar refractivity (Wildman–Crippen MR) is 149 cm³/mol. The van der Waals surface area contributed by atoms with Gasteiger partial charge in [0.25, 0.3) is 8.53 Å². The molecule has 5 nitrogen and oxygen atoms in total. The summed E-state index contributed by atoms with van der Waals surface area (Å²) in [7, 11) is 0.243. The molecule has 194 valence electrons. The van der Waals surface area contributed by atoms with Crippen molar-refractivity contribution in [3.63, 3.8) is 0 Å². The second kappa shape index (κ2) is 10.0. The Morgan fingerprint density at radius 2 is 0.816 bits per heavy atom. The molecule has 6 heteroatoms. The summed E-state index contributed by atoms with van der Waals surface area (Å²) in [5.74, 6) is -0.884. The van der Waals surface area contributed by atoms with Crippen molar-refractivity contribution in [2.45, 2.75) is 43.0 Å². The summed E-state index contributed by atoms with van der Waals surface area (Å²) < 4.78 is 28.1. The van der Waals surface area contributed by atoms with Gasteiger partial charge in [-0.15, -0.1) is 0 Å². The van der Waals surface area contributed by atoms with Gasteiger partial charge in [0.1, 0.15) is 12.2 Å². The van der Waals surface area contributed by atoms with Crippen LogP contribution in [-0.4, -0.2) is 25.0 Å². The molecule has 1 N–H and O–H groups in total. The molecule has 0 radical (unpaired) electrons. The third-order valence-electron chi connectivity index (χ3n) is 7.34. The van der Waals surface area contributed by atoms with Gasteiger partial charge in [-0.05, 0) is 43.1 Å². The molecule has 0 saturated carbocycles. The van der Waals surface area contributed by atoms with Crippen LogP contribution in [0.2, 0.25) is 0 Å². The summed E-state index contributed by atoms with van der Waals surface area (Å²) >= 11 is 0. The highest BCUT2D eigenvalue weighted by atomic mass is 31.2. The van der Waals surface area contributed by atoms with Gasteiger partial charge in [0.15, 0.2) is 17.0 Å². The zero-order valence-corrected chi connectivity index (χ0v) is 22.7. The van der Waals surface area contributed by atoms with Crippen molar-refractivity contribution in [3.05, 3.63) is 144 Å². The van der Waals surface area contributed by atoms with E-state index in [9.17, 15) is 0 Å². The summed E-state index contributed by atoms with van der Waals surface area (Å²) in [6, 6.07) is 41.1. The van der Waals surface area contributed by atoms with E-state index in [-0.39, 0.29) is 0 Å². The predicted octanol–water partition coefficient (Wildman–Crippen LogP) is 6.89. The first-order valence-electron chi connectivity index (χ1n) is 12.9. The average Bonchev–Trinajstić information content (AvgIpc) is 3.25. The number of rotatable bonds is 5. The average molecular weight is 526 g/mol. The highest BCUT2D eigenvalue weighted by molar-refractivity contribution is 7.45. The van der Waals surface area contributed by atoms with E-state index in [1.165, 1.54) is 0 Å². The number of hydrogen-bond donors (Lipinski definition) is 1. The fraction of sp³-hybridized carbons (Fsp3) is 0.250. The molecule has 2 aliphatic heterocycles. The van der Waals surface area contributed by atoms with Crippen LogP contribution in [0.15, 0.2) is 121 Å². The molecule has 4 aromatic carbocycles. The number of fused-ring (bicyclic) bond motifs is 1. The van der Waals surface area contributed by atoms with E-state index in [1.54, 1.807) is 0 Å². The van der Waals surface area contributed by atoms with Gasteiger partial charge in [0, 0.05) is 0 Å². The Hall–Kier alpha value is -2.89. The molecular weight excluding hydrogens is 493 g/mol. The quantitative estimate of drug-likeness (QED) is 0.288. The highest BCUT2D eigenvalue weighted by Gasteiger charge is 2.66. The summed E-state index contributed by atoms with van der Waals surface area (Å²) in [6.45, 7) is 3.92. The van der Waals surface area contributed by atoms with Crippen LogP contribution >= 0.6 is 8.53 Å². The van der Waals surface area contributed by atoms with E-state index in [0.717, 1.165) is 22.3 Å². The molecule has 0 aliphatic carbocycles. The maximum atomic E-state index is 7.15. The van der Waals surface area contributed by atoms with Crippen molar-refractivity contribution in [2.75, 3.05) is 7.05 Å². The molecule has 2 aliphatic rings. The van der Waals surface area contributed by atoms with Crippen LogP contribution < -0.4 is 5.09 Å². The third kappa shape index (κ3) is 4.11. The molecule has 2 atom stereocenters. The van der Waals surface area contributed by atoms with Gasteiger partial charge in [0.2, 0.25) is 0 Å². The molecule has 0 spiro atoms. The summed E-state index contributed by atoms with van der Waals surface area (Å²) in [4.78, 5) is 0. The number of ether oxygens (including phenoxy) is 2. The van der Waals surface area contributed by atoms with E-state index in [1.807, 2.05) is 93.7 Å². The van der Waals surface area contributed by atoms with Gasteiger partial charge in [-0.3, -0.25) is 5.09 Å². The first kappa shape index (κ1) is 25.4. The largest absolute Gasteiger partial charge is 0.341 e. The van der Waals surface area contributed by atoms with E-state index in [2.05, 4.69) is 53.6 Å². The normalized spacial score (nSPS) is 23.9. The Bertz CT molecular complexity index is 1170. The van der Waals surface area contributed by atoms with Crippen LogP contribution in [0.25, 0.3) is 0 Å². The van der Waals surface area contributed by atoms with Crippen molar-refractivity contribution in [3.8, 4) is 0 Å². The number of benzene rings is 4. The summed E-state index contributed by atoms with van der Waals surface area (Å²) in [5, 5.41) is 3.35. The van der Waals surface area contributed by atoms with Crippen LogP contribution in [0, 0.1) is 0 Å². The first-order valence-corrected chi connectivity index (χ1v) is 14.1. The third-order valence-corrected chi connectivity index (χ3v) is 8.62. The molecule has 2 saturated heterocycles. The molecule has 2 fully saturated rings. The molecule has 0 amide bonds. The van der Waals surface area contributed by atoms with Gasteiger partial charge < -0.3 is 18.5 Å². The van der Waals surface area contributed by atoms with Crippen LogP contribution in [0.1, 0.15) is 36.1 Å².